The van der Waals surface area contributed by atoms with E-state index in [1.165, 1.54) is 53.7 Å². The molecule has 1 aromatic rings. The van der Waals surface area contributed by atoms with Crippen molar-refractivity contribution in [2.75, 3.05) is 0 Å². The summed E-state index contributed by atoms with van der Waals surface area (Å²) in [4.78, 5) is 4.62. The molecule has 0 bridgehead atoms. The van der Waals surface area contributed by atoms with E-state index in [-0.39, 0.29) is 0 Å². The van der Waals surface area contributed by atoms with E-state index in [0.29, 0.717) is 0 Å². The molecule has 0 aliphatic heterocycles. The smallest absolute Gasteiger partial charge is 0.0973 e. The summed E-state index contributed by atoms with van der Waals surface area (Å²) in [6.07, 6.45) is 12.1. The van der Waals surface area contributed by atoms with Crippen molar-refractivity contribution in [3.8, 4) is 0 Å². The van der Waals surface area contributed by atoms with Crippen LogP contribution in [0.2, 0.25) is 0 Å². The number of thiazole rings is 1. The molecular weight excluding hydrogens is 282 g/mol. The first-order chi connectivity index (χ1) is 7.84. The van der Waals surface area contributed by atoms with Gasteiger partial charge in [-0.1, -0.05) is 19.3 Å². The molecule has 16 heavy (non-hydrogen) atoms. The first kappa shape index (κ1) is 11.2. The lowest BCUT2D eigenvalue weighted by molar-refractivity contribution is 0.284. The van der Waals surface area contributed by atoms with Crippen molar-refractivity contribution in [1.82, 2.24) is 4.98 Å². The van der Waals surface area contributed by atoms with Crippen molar-refractivity contribution >= 4 is 27.3 Å². The van der Waals surface area contributed by atoms with E-state index in [2.05, 4.69) is 20.9 Å². The van der Waals surface area contributed by atoms with Gasteiger partial charge in [0.05, 0.1) is 15.0 Å². The molecule has 0 aromatic carbocycles. The molecule has 0 N–H and O–H groups in total. The molecule has 1 atom stereocenters. The second-order valence-corrected chi connectivity index (χ2v) is 7.71. The van der Waals surface area contributed by atoms with Crippen molar-refractivity contribution in [2.45, 2.75) is 50.9 Å². The molecule has 0 saturated heterocycles. The molecule has 1 nitrogen and oxygen atoms in total. The average Bonchev–Trinajstić information content (AvgIpc) is 3.04. The fourth-order valence-corrected chi connectivity index (χ4v) is 4.69. The highest BCUT2D eigenvalue weighted by molar-refractivity contribution is 9.11. The van der Waals surface area contributed by atoms with Crippen LogP contribution in [0.4, 0.5) is 0 Å². The maximum atomic E-state index is 4.62. The second kappa shape index (κ2) is 4.77. The molecule has 3 rings (SSSR count). The normalized spacial score (nSPS) is 24.6. The minimum Gasteiger partial charge on any atom is -0.248 e. The zero-order valence-electron chi connectivity index (χ0n) is 9.49. The Morgan fingerprint density at radius 2 is 1.81 bits per heavy atom. The van der Waals surface area contributed by atoms with Crippen LogP contribution in [0.3, 0.4) is 0 Å². The molecule has 2 aliphatic carbocycles. The van der Waals surface area contributed by atoms with Crippen LogP contribution in [0.5, 0.6) is 0 Å². The van der Waals surface area contributed by atoms with Crippen molar-refractivity contribution in [1.29, 1.82) is 0 Å². The Morgan fingerprint density at radius 1 is 1.12 bits per heavy atom. The molecule has 2 aliphatic rings. The Labute approximate surface area is 110 Å². The number of rotatable bonds is 3. The number of nitrogens with zero attached hydrogens (tertiary/aromatic N) is 1. The zero-order chi connectivity index (χ0) is 11.0. The summed E-state index contributed by atoms with van der Waals surface area (Å²) in [5.74, 6) is 2.68. The van der Waals surface area contributed by atoms with Gasteiger partial charge >= 0.3 is 0 Å². The van der Waals surface area contributed by atoms with Crippen LogP contribution in [0.1, 0.15) is 55.9 Å². The van der Waals surface area contributed by atoms with Gasteiger partial charge in [-0.05, 0) is 53.4 Å². The third kappa shape index (κ3) is 2.35. The van der Waals surface area contributed by atoms with Crippen LogP contribution < -0.4 is 0 Å². The molecule has 88 valence electrons. The SMILES string of the molecule is Brc1cnc(C(C2CCCCC2)C2CC2)s1. The van der Waals surface area contributed by atoms with E-state index in [1.54, 1.807) is 0 Å². The zero-order valence-corrected chi connectivity index (χ0v) is 11.9. The summed E-state index contributed by atoms with van der Waals surface area (Å²) in [5.41, 5.74) is 0. The fourth-order valence-electron chi connectivity index (χ4n) is 3.16. The third-order valence-electron chi connectivity index (χ3n) is 4.07. The number of hydrogen-bond donors (Lipinski definition) is 0. The molecule has 1 heterocycles. The predicted octanol–water partition coefficient (Wildman–Crippen LogP) is 4.98. The Morgan fingerprint density at radius 3 is 2.38 bits per heavy atom. The number of hydrogen-bond acceptors (Lipinski definition) is 2. The summed E-state index contributed by atoms with van der Waals surface area (Å²) in [6, 6.07) is 0. The van der Waals surface area contributed by atoms with Crippen LogP contribution in [-0.4, -0.2) is 4.98 Å². The highest BCUT2D eigenvalue weighted by Crippen LogP contribution is 2.51. The largest absolute Gasteiger partial charge is 0.248 e. The molecule has 3 heteroatoms. The molecule has 0 radical (unpaired) electrons. The highest BCUT2D eigenvalue weighted by atomic mass is 79.9. The Balaban J connectivity index is 1.79. The quantitative estimate of drug-likeness (QED) is 0.767. The summed E-state index contributed by atoms with van der Waals surface area (Å²) in [7, 11) is 0. The van der Waals surface area contributed by atoms with Crippen molar-refractivity contribution in [3.05, 3.63) is 15.0 Å². The summed E-state index contributed by atoms with van der Waals surface area (Å²) in [5, 5.41) is 1.40. The molecular formula is C13H18BrNS. The minimum absolute atomic E-state index is 0.789. The summed E-state index contributed by atoms with van der Waals surface area (Å²) >= 11 is 5.41. The van der Waals surface area contributed by atoms with Gasteiger partial charge in [0, 0.05) is 5.92 Å². The fraction of sp³-hybridized carbons (Fsp3) is 0.769. The lowest BCUT2D eigenvalue weighted by atomic mass is 9.78. The minimum atomic E-state index is 0.789. The van der Waals surface area contributed by atoms with Gasteiger partial charge in [0.2, 0.25) is 0 Å². The van der Waals surface area contributed by atoms with Gasteiger partial charge in [-0.2, -0.15) is 0 Å². The van der Waals surface area contributed by atoms with E-state index in [4.69, 9.17) is 0 Å². The first-order valence-corrected chi connectivity index (χ1v) is 8.07. The Bertz CT molecular complexity index is 353. The van der Waals surface area contributed by atoms with Gasteiger partial charge in [0.25, 0.3) is 0 Å². The van der Waals surface area contributed by atoms with Crippen LogP contribution in [0, 0.1) is 11.8 Å². The highest BCUT2D eigenvalue weighted by Gasteiger charge is 2.39. The van der Waals surface area contributed by atoms with Crippen LogP contribution in [0.25, 0.3) is 0 Å². The van der Waals surface area contributed by atoms with Crippen LogP contribution in [0.15, 0.2) is 9.98 Å². The van der Waals surface area contributed by atoms with Gasteiger partial charge in [-0.25, -0.2) is 4.98 Å². The van der Waals surface area contributed by atoms with Gasteiger partial charge < -0.3 is 0 Å². The molecule has 0 spiro atoms. The predicted molar refractivity (Wildman–Crippen MR) is 71.9 cm³/mol. The van der Waals surface area contributed by atoms with E-state index in [1.807, 2.05) is 17.5 Å². The van der Waals surface area contributed by atoms with E-state index >= 15 is 0 Å². The van der Waals surface area contributed by atoms with Crippen LogP contribution in [-0.2, 0) is 0 Å². The number of halogens is 1. The molecule has 1 unspecified atom stereocenters. The van der Waals surface area contributed by atoms with Gasteiger partial charge in [0.1, 0.15) is 0 Å². The first-order valence-electron chi connectivity index (χ1n) is 6.46. The van der Waals surface area contributed by atoms with E-state index in [9.17, 15) is 0 Å². The van der Waals surface area contributed by atoms with E-state index in [0.717, 1.165) is 17.8 Å². The topological polar surface area (TPSA) is 12.9 Å². The van der Waals surface area contributed by atoms with Gasteiger partial charge in [-0.3, -0.25) is 0 Å². The third-order valence-corrected chi connectivity index (χ3v) is 5.65. The molecule has 2 saturated carbocycles. The van der Waals surface area contributed by atoms with E-state index < -0.39 is 0 Å². The molecule has 0 amide bonds. The second-order valence-electron chi connectivity index (χ2n) is 5.26. The van der Waals surface area contributed by atoms with Crippen LogP contribution >= 0.6 is 27.3 Å². The average molecular weight is 300 g/mol. The number of aromatic nitrogens is 1. The summed E-state index contributed by atoms with van der Waals surface area (Å²) < 4.78 is 1.20. The lowest BCUT2D eigenvalue weighted by Crippen LogP contribution is -2.17. The maximum absolute atomic E-state index is 4.62. The van der Waals surface area contributed by atoms with Crippen molar-refractivity contribution in [3.63, 3.8) is 0 Å². The van der Waals surface area contributed by atoms with Gasteiger partial charge in [-0.15, -0.1) is 11.3 Å². The van der Waals surface area contributed by atoms with Crippen molar-refractivity contribution < 1.29 is 0 Å². The maximum Gasteiger partial charge on any atom is 0.0973 e. The Kier molecular flexibility index (Phi) is 3.34. The molecule has 1 aromatic heterocycles. The Hall–Kier alpha value is 0.110. The summed E-state index contributed by atoms with van der Waals surface area (Å²) in [6.45, 7) is 0. The molecule has 2 fully saturated rings. The lowest BCUT2D eigenvalue weighted by Gasteiger charge is -2.29. The van der Waals surface area contributed by atoms with Crippen molar-refractivity contribution in [2.24, 2.45) is 11.8 Å². The van der Waals surface area contributed by atoms with Gasteiger partial charge in [0.15, 0.2) is 0 Å². The monoisotopic (exact) mass is 299 g/mol. The standard InChI is InChI=1S/C13H18BrNS/c14-11-8-15-13(16-11)12(10-6-7-10)9-4-2-1-3-5-9/h8-10,12H,1-7H2.